The Bertz CT molecular complexity index is 1360. The average Bonchev–Trinajstić information content (AvgIpc) is 2.89. The number of hydrogen-bond acceptors (Lipinski definition) is 9. The topological polar surface area (TPSA) is 137 Å². The van der Waals surface area contributed by atoms with Gasteiger partial charge < -0.3 is 29.6 Å². The van der Waals surface area contributed by atoms with Crippen molar-refractivity contribution >= 4 is 57.3 Å². The monoisotopic (exact) mass is 632 g/mol. The first-order valence-electron chi connectivity index (χ1n) is 12.3. The fourth-order valence-electron chi connectivity index (χ4n) is 3.78. The first-order chi connectivity index (χ1) is 19.1. The number of para-hydroxylation sites is 1. The lowest BCUT2D eigenvalue weighted by Gasteiger charge is -2.30. The van der Waals surface area contributed by atoms with E-state index >= 15 is 0 Å². The van der Waals surface area contributed by atoms with Crippen molar-refractivity contribution in [2.45, 2.75) is 33.7 Å². The summed E-state index contributed by atoms with van der Waals surface area (Å²) in [5, 5.41) is 10.4. The summed E-state index contributed by atoms with van der Waals surface area (Å²) in [5.74, 6) is -0.518. The number of esters is 2. The average molecular weight is 634 g/mol. The van der Waals surface area contributed by atoms with Gasteiger partial charge >= 0.3 is 11.9 Å². The lowest BCUT2D eigenvalue weighted by atomic mass is 9.95. The Hall–Kier alpha value is -3.97. The molecule has 0 unspecified atom stereocenters. The fourth-order valence-corrected chi connectivity index (χ4v) is 4.59. The lowest BCUT2D eigenvalue weighted by molar-refractivity contribution is -0.139. The van der Waals surface area contributed by atoms with Crippen molar-refractivity contribution in [3.8, 4) is 17.2 Å². The van der Waals surface area contributed by atoms with Crippen LogP contribution in [0.25, 0.3) is 0 Å². The summed E-state index contributed by atoms with van der Waals surface area (Å²) in [7, 11) is 0. The van der Waals surface area contributed by atoms with Gasteiger partial charge in [0.2, 0.25) is 0 Å². The summed E-state index contributed by atoms with van der Waals surface area (Å²) < 4.78 is 22.3. The molecule has 11 nitrogen and oxygen atoms in total. The number of hydrogen-bond donors (Lipinski definition) is 3. The SMILES string of the molecule is CCOC(=O)C1=C(C)NC(=S)N[C@@H]1c1ccccc1OCC(=O)NN=Cc1cc(Br)c(OC(C)=O)c(OCC)c1. The molecule has 1 aliphatic heterocycles. The van der Waals surface area contributed by atoms with E-state index in [4.69, 9.17) is 31.2 Å². The van der Waals surface area contributed by atoms with E-state index in [1.807, 2.05) is 0 Å². The van der Waals surface area contributed by atoms with Crippen molar-refractivity contribution in [1.29, 1.82) is 0 Å². The zero-order valence-corrected chi connectivity index (χ0v) is 24.7. The number of nitrogens with one attached hydrogen (secondary N) is 3. The molecule has 212 valence electrons. The molecule has 40 heavy (non-hydrogen) atoms. The molecular weight excluding hydrogens is 604 g/mol. The fraction of sp³-hybridized carbons (Fsp3) is 0.296. The molecule has 1 amide bonds. The van der Waals surface area contributed by atoms with Crippen LogP contribution < -0.4 is 30.3 Å². The normalized spacial score (nSPS) is 14.7. The molecule has 0 saturated heterocycles. The van der Waals surface area contributed by atoms with Crippen LogP contribution in [0.15, 0.2) is 57.2 Å². The van der Waals surface area contributed by atoms with E-state index in [2.05, 4.69) is 37.1 Å². The summed E-state index contributed by atoms with van der Waals surface area (Å²) in [6.45, 7) is 6.78. The summed E-state index contributed by atoms with van der Waals surface area (Å²) in [6, 6.07) is 9.66. The molecule has 3 rings (SSSR count). The van der Waals surface area contributed by atoms with Gasteiger partial charge in [0.15, 0.2) is 23.2 Å². The Morgan fingerprint density at radius 2 is 1.88 bits per heavy atom. The second kappa shape index (κ2) is 14.4. The van der Waals surface area contributed by atoms with Gasteiger partial charge in [-0.3, -0.25) is 9.59 Å². The van der Waals surface area contributed by atoms with Gasteiger partial charge in [-0.25, -0.2) is 10.2 Å². The molecule has 13 heteroatoms. The third kappa shape index (κ3) is 8.02. The third-order valence-electron chi connectivity index (χ3n) is 5.33. The van der Waals surface area contributed by atoms with Gasteiger partial charge in [0.1, 0.15) is 5.75 Å². The van der Waals surface area contributed by atoms with Gasteiger partial charge in [0.25, 0.3) is 5.91 Å². The van der Waals surface area contributed by atoms with Crippen molar-refractivity contribution in [2.75, 3.05) is 19.8 Å². The summed E-state index contributed by atoms with van der Waals surface area (Å²) >= 11 is 8.66. The maximum absolute atomic E-state index is 12.7. The number of carbonyl (C=O) groups excluding carboxylic acids is 3. The predicted octanol–water partition coefficient (Wildman–Crippen LogP) is 3.66. The minimum atomic E-state index is -0.641. The largest absolute Gasteiger partial charge is 0.490 e. The van der Waals surface area contributed by atoms with E-state index in [0.29, 0.717) is 50.1 Å². The number of hydrazone groups is 1. The maximum atomic E-state index is 12.7. The Morgan fingerprint density at radius 1 is 1.12 bits per heavy atom. The minimum absolute atomic E-state index is 0.214. The van der Waals surface area contributed by atoms with Gasteiger partial charge in [0.05, 0.1) is 35.5 Å². The number of halogens is 1. The Labute approximate surface area is 245 Å². The molecule has 1 aliphatic rings. The number of allylic oxidation sites excluding steroid dienone is 1. The quantitative estimate of drug-likeness (QED) is 0.111. The number of rotatable bonds is 11. The van der Waals surface area contributed by atoms with Crippen molar-refractivity contribution in [3.63, 3.8) is 0 Å². The molecule has 0 radical (unpaired) electrons. The second-order valence-electron chi connectivity index (χ2n) is 8.27. The molecule has 1 atom stereocenters. The van der Waals surface area contributed by atoms with Crippen LogP contribution in [-0.4, -0.2) is 49.0 Å². The highest BCUT2D eigenvalue weighted by molar-refractivity contribution is 9.10. The molecule has 0 spiro atoms. The summed E-state index contributed by atoms with van der Waals surface area (Å²) in [5.41, 5.74) is 4.52. The van der Waals surface area contributed by atoms with E-state index in [9.17, 15) is 14.4 Å². The Kier molecular flexibility index (Phi) is 11.0. The molecule has 2 aromatic rings. The van der Waals surface area contributed by atoms with Crippen LogP contribution in [0.3, 0.4) is 0 Å². The van der Waals surface area contributed by atoms with Gasteiger partial charge in [0, 0.05) is 18.2 Å². The molecular formula is C27H29BrN4O7S. The van der Waals surface area contributed by atoms with Crippen molar-refractivity contribution in [2.24, 2.45) is 5.10 Å². The maximum Gasteiger partial charge on any atom is 0.338 e. The molecule has 0 aromatic heterocycles. The highest BCUT2D eigenvalue weighted by Gasteiger charge is 2.32. The molecule has 3 N–H and O–H groups in total. The third-order valence-corrected chi connectivity index (χ3v) is 6.14. The number of amides is 1. The number of carbonyl (C=O) groups is 3. The number of nitrogens with zero attached hydrogens (tertiary/aromatic N) is 1. The predicted molar refractivity (Wildman–Crippen MR) is 155 cm³/mol. The summed E-state index contributed by atoms with van der Waals surface area (Å²) in [6.07, 6.45) is 1.41. The second-order valence-corrected chi connectivity index (χ2v) is 9.53. The molecule has 0 bridgehead atoms. The van der Waals surface area contributed by atoms with E-state index in [-0.39, 0.29) is 19.0 Å². The standard InChI is InChI=1S/C27H29BrN4O7S/c1-5-36-21-12-17(11-19(28)25(21)39-16(4)33)13-29-32-22(34)14-38-20-10-8-7-9-18(20)24-23(26(35)37-6-2)15(3)30-27(40)31-24/h7-13,24H,5-6,14H2,1-4H3,(H,32,34)(H2,30,31,40)/t24-/m1/s1. The molecule has 0 aliphatic carbocycles. The van der Waals surface area contributed by atoms with E-state index < -0.39 is 23.9 Å². The lowest BCUT2D eigenvalue weighted by Crippen LogP contribution is -2.45. The highest BCUT2D eigenvalue weighted by atomic mass is 79.9. The Morgan fingerprint density at radius 3 is 2.58 bits per heavy atom. The van der Waals surface area contributed by atoms with Crippen molar-refractivity contribution in [3.05, 3.63) is 63.3 Å². The molecule has 2 aromatic carbocycles. The highest BCUT2D eigenvalue weighted by Crippen LogP contribution is 2.37. The number of ether oxygens (including phenoxy) is 4. The van der Waals surface area contributed by atoms with Gasteiger partial charge in [-0.15, -0.1) is 0 Å². The first kappa shape index (κ1) is 30.6. The smallest absolute Gasteiger partial charge is 0.338 e. The van der Waals surface area contributed by atoms with Crippen LogP contribution in [0.2, 0.25) is 0 Å². The summed E-state index contributed by atoms with van der Waals surface area (Å²) in [4.78, 5) is 36.6. The van der Waals surface area contributed by atoms with E-state index in [1.54, 1.807) is 57.2 Å². The van der Waals surface area contributed by atoms with E-state index in [1.165, 1.54) is 13.1 Å². The molecule has 1 heterocycles. The number of thiocarbonyl (C=S) groups is 1. The Balaban J connectivity index is 1.71. The minimum Gasteiger partial charge on any atom is -0.490 e. The van der Waals surface area contributed by atoms with Crippen molar-refractivity contribution < 1.29 is 33.3 Å². The number of benzene rings is 2. The van der Waals surface area contributed by atoms with Crippen LogP contribution in [0.1, 0.15) is 44.9 Å². The van der Waals surface area contributed by atoms with Gasteiger partial charge in [-0.2, -0.15) is 5.10 Å². The van der Waals surface area contributed by atoms with Gasteiger partial charge in [-0.1, -0.05) is 18.2 Å². The van der Waals surface area contributed by atoms with Crippen LogP contribution in [-0.2, 0) is 19.1 Å². The van der Waals surface area contributed by atoms with Crippen LogP contribution >= 0.6 is 28.1 Å². The van der Waals surface area contributed by atoms with Crippen LogP contribution in [0.4, 0.5) is 0 Å². The molecule has 0 saturated carbocycles. The first-order valence-corrected chi connectivity index (χ1v) is 13.5. The van der Waals surface area contributed by atoms with Gasteiger partial charge in [-0.05, 0) is 72.7 Å². The van der Waals surface area contributed by atoms with Crippen LogP contribution in [0.5, 0.6) is 17.2 Å². The van der Waals surface area contributed by atoms with E-state index in [0.717, 1.165) is 0 Å². The molecule has 0 fully saturated rings. The van der Waals surface area contributed by atoms with Crippen molar-refractivity contribution in [1.82, 2.24) is 16.1 Å². The zero-order chi connectivity index (χ0) is 29.2. The zero-order valence-electron chi connectivity index (χ0n) is 22.3. The van der Waals surface area contributed by atoms with Crippen LogP contribution in [0, 0.1) is 0 Å².